The van der Waals surface area contributed by atoms with Gasteiger partial charge < -0.3 is 14.6 Å². The van der Waals surface area contributed by atoms with Crippen molar-refractivity contribution < 1.29 is 14.0 Å². The van der Waals surface area contributed by atoms with E-state index in [0.29, 0.717) is 25.2 Å². The summed E-state index contributed by atoms with van der Waals surface area (Å²) in [5.41, 5.74) is 3.18. The van der Waals surface area contributed by atoms with Crippen molar-refractivity contribution in [2.75, 3.05) is 6.54 Å². The van der Waals surface area contributed by atoms with Crippen molar-refractivity contribution in [2.45, 2.75) is 50.1 Å². The average Bonchev–Trinajstić information content (AvgIpc) is 3.38. The fourth-order valence-electron chi connectivity index (χ4n) is 5.11. The highest BCUT2D eigenvalue weighted by Gasteiger charge is 2.48. The van der Waals surface area contributed by atoms with Crippen LogP contribution in [0.2, 0.25) is 5.02 Å². The fourth-order valence-corrected chi connectivity index (χ4v) is 5.37. The molecule has 5 rings (SSSR count). The van der Waals surface area contributed by atoms with Crippen LogP contribution >= 0.6 is 11.6 Å². The molecule has 1 saturated carbocycles. The van der Waals surface area contributed by atoms with E-state index in [-0.39, 0.29) is 29.8 Å². The van der Waals surface area contributed by atoms with Gasteiger partial charge in [-0.05, 0) is 60.4 Å². The molecule has 1 saturated heterocycles. The van der Waals surface area contributed by atoms with Crippen LogP contribution in [0, 0.1) is 5.92 Å². The predicted octanol–water partition coefficient (Wildman–Crippen LogP) is 3.31. The first-order chi connectivity index (χ1) is 13.6. The second kappa shape index (κ2) is 6.96. The van der Waals surface area contributed by atoms with E-state index in [1.807, 2.05) is 29.2 Å². The van der Waals surface area contributed by atoms with E-state index in [9.17, 15) is 9.59 Å². The van der Waals surface area contributed by atoms with Crippen molar-refractivity contribution in [1.29, 1.82) is 0 Å². The number of piperidine rings is 1. The van der Waals surface area contributed by atoms with Crippen molar-refractivity contribution in [3.8, 4) is 0 Å². The van der Waals surface area contributed by atoms with Crippen LogP contribution in [-0.4, -0.2) is 35.3 Å². The van der Waals surface area contributed by atoms with Crippen molar-refractivity contribution in [2.24, 2.45) is 5.92 Å². The summed E-state index contributed by atoms with van der Waals surface area (Å²) in [6.07, 6.45) is 7.17. The third-order valence-corrected chi connectivity index (χ3v) is 6.95. The van der Waals surface area contributed by atoms with E-state index in [2.05, 4.69) is 5.32 Å². The summed E-state index contributed by atoms with van der Waals surface area (Å²) >= 11 is 6.20. The van der Waals surface area contributed by atoms with E-state index < -0.39 is 0 Å². The zero-order valence-corrected chi connectivity index (χ0v) is 16.3. The Morgan fingerprint density at radius 3 is 2.93 bits per heavy atom. The van der Waals surface area contributed by atoms with Gasteiger partial charge in [0.2, 0.25) is 11.8 Å². The van der Waals surface area contributed by atoms with Gasteiger partial charge in [0.1, 0.15) is 0 Å². The molecule has 1 aliphatic heterocycles. The standard InChI is InChI=1S/C22H23ClN2O3/c23-18-3-1-2-15-16(18)10-17(15)22(27)24-19-8-14-9-20(19)25(11-14)21(26)5-4-13-6-7-28-12-13/h1-3,6-7,12,14,17,19-20H,4-5,8-11H2,(H,24,27)/t14-,17?,19-,20-/m1/s1. The summed E-state index contributed by atoms with van der Waals surface area (Å²) in [7, 11) is 0. The smallest absolute Gasteiger partial charge is 0.228 e. The van der Waals surface area contributed by atoms with Gasteiger partial charge in [-0.15, -0.1) is 0 Å². The summed E-state index contributed by atoms with van der Waals surface area (Å²) < 4.78 is 5.07. The number of amides is 2. The number of aryl methyl sites for hydroxylation is 1. The van der Waals surface area contributed by atoms with Gasteiger partial charge in [-0.1, -0.05) is 23.7 Å². The molecule has 1 aromatic heterocycles. The highest BCUT2D eigenvalue weighted by Crippen LogP contribution is 2.41. The Bertz CT molecular complexity index is 911. The van der Waals surface area contributed by atoms with Gasteiger partial charge in [0, 0.05) is 24.0 Å². The summed E-state index contributed by atoms with van der Waals surface area (Å²) in [5, 5.41) is 3.98. The molecule has 6 heteroatoms. The normalized spacial score (nSPS) is 27.4. The first-order valence-electron chi connectivity index (χ1n) is 9.98. The molecule has 4 atom stereocenters. The maximum Gasteiger partial charge on any atom is 0.228 e. The highest BCUT2D eigenvalue weighted by molar-refractivity contribution is 6.31. The Morgan fingerprint density at radius 2 is 2.14 bits per heavy atom. The lowest BCUT2D eigenvalue weighted by Crippen LogP contribution is -2.53. The topological polar surface area (TPSA) is 62.6 Å². The summed E-state index contributed by atoms with van der Waals surface area (Å²) in [6.45, 7) is 0.823. The monoisotopic (exact) mass is 398 g/mol. The van der Waals surface area contributed by atoms with Gasteiger partial charge >= 0.3 is 0 Å². The van der Waals surface area contributed by atoms with E-state index in [1.165, 1.54) is 0 Å². The minimum absolute atomic E-state index is 0.0624. The Hall–Kier alpha value is -2.27. The van der Waals surface area contributed by atoms with Crippen LogP contribution in [0.3, 0.4) is 0 Å². The minimum Gasteiger partial charge on any atom is -0.472 e. The van der Waals surface area contributed by atoms with Crippen molar-refractivity contribution in [1.82, 2.24) is 10.2 Å². The van der Waals surface area contributed by atoms with Crippen molar-refractivity contribution >= 4 is 23.4 Å². The van der Waals surface area contributed by atoms with Crippen LogP contribution in [0.15, 0.2) is 41.2 Å². The Balaban J connectivity index is 1.20. The fraction of sp³-hybridized carbons (Fsp3) is 0.455. The second-order valence-corrected chi connectivity index (χ2v) is 8.67. The molecule has 3 aliphatic rings. The Labute approximate surface area is 169 Å². The van der Waals surface area contributed by atoms with Crippen LogP contribution < -0.4 is 5.32 Å². The molecular weight excluding hydrogens is 376 g/mol. The van der Waals surface area contributed by atoms with E-state index >= 15 is 0 Å². The molecule has 2 amide bonds. The third kappa shape index (κ3) is 3.02. The summed E-state index contributed by atoms with van der Waals surface area (Å²) in [5.74, 6) is 0.626. The van der Waals surface area contributed by atoms with Gasteiger partial charge in [-0.3, -0.25) is 9.59 Å². The van der Waals surface area contributed by atoms with E-state index in [0.717, 1.165) is 41.1 Å². The number of benzene rings is 1. The van der Waals surface area contributed by atoms with Gasteiger partial charge in [0.05, 0.1) is 24.5 Å². The second-order valence-electron chi connectivity index (χ2n) is 8.26. The number of carbonyl (C=O) groups excluding carboxylic acids is 2. The van der Waals surface area contributed by atoms with Gasteiger partial charge in [-0.2, -0.15) is 0 Å². The summed E-state index contributed by atoms with van der Waals surface area (Å²) in [4.78, 5) is 27.5. The molecule has 2 fully saturated rings. The molecule has 0 radical (unpaired) electrons. The Kier molecular flexibility index (Phi) is 4.43. The van der Waals surface area contributed by atoms with Crippen LogP contribution in [0.4, 0.5) is 0 Å². The van der Waals surface area contributed by atoms with Gasteiger partial charge in [0.15, 0.2) is 0 Å². The van der Waals surface area contributed by atoms with Gasteiger partial charge in [0.25, 0.3) is 0 Å². The van der Waals surface area contributed by atoms with E-state index in [4.69, 9.17) is 16.0 Å². The molecule has 1 unspecified atom stereocenters. The van der Waals surface area contributed by atoms with E-state index in [1.54, 1.807) is 12.5 Å². The average molecular weight is 399 g/mol. The minimum atomic E-state index is -0.113. The number of furan rings is 1. The SMILES string of the molecule is O=C(N[C@@H]1C[C@@H]2C[C@H]1N(C(=O)CCc1ccoc1)C2)C1Cc2c(Cl)cccc21. The van der Waals surface area contributed by atoms with Crippen molar-refractivity contribution in [3.63, 3.8) is 0 Å². The molecule has 146 valence electrons. The molecule has 2 bridgehead atoms. The third-order valence-electron chi connectivity index (χ3n) is 6.59. The first-order valence-corrected chi connectivity index (χ1v) is 10.4. The van der Waals surface area contributed by atoms with Gasteiger partial charge in [-0.25, -0.2) is 0 Å². The molecule has 2 heterocycles. The number of rotatable bonds is 5. The highest BCUT2D eigenvalue weighted by atomic mass is 35.5. The molecule has 2 aromatic rings. The molecule has 5 nitrogen and oxygen atoms in total. The largest absolute Gasteiger partial charge is 0.472 e. The lowest BCUT2D eigenvalue weighted by atomic mass is 9.77. The number of hydrogen-bond donors (Lipinski definition) is 1. The number of likely N-dealkylation sites (tertiary alicyclic amines) is 1. The maximum atomic E-state index is 12.8. The molecule has 28 heavy (non-hydrogen) atoms. The molecule has 1 aromatic carbocycles. The van der Waals surface area contributed by atoms with Crippen LogP contribution in [0.5, 0.6) is 0 Å². The lowest BCUT2D eigenvalue weighted by Gasteiger charge is -2.36. The molecular formula is C22H23ClN2O3. The number of hydrogen-bond acceptors (Lipinski definition) is 3. The number of carbonyl (C=O) groups is 2. The number of nitrogens with one attached hydrogen (secondary N) is 1. The molecule has 1 N–H and O–H groups in total. The number of halogens is 1. The quantitative estimate of drug-likeness (QED) is 0.840. The number of nitrogens with zero attached hydrogens (tertiary/aromatic N) is 1. The number of fused-ring (bicyclic) bond motifs is 3. The zero-order chi connectivity index (χ0) is 19.3. The summed E-state index contributed by atoms with van der Waals surface area (Å²) in [6, 6.07) is 7.85. The van der Waals surface area contributed by atoms with Crippen LogP contribution in [0.1, 0.15) is 41.9 Å². The van der Waals surface area contributed by atoms with Crippen LogP contribution in [0.25, 0.3) is 0 Å². The van der Waals surface area contributed by atoms with Crippen molar-refractivity contribution in [3.05, 3.63) is 58.5 Å². The predicted molar refractivity (Wildman–Crippen MR) is 105 cm³/mol. The molecule has 0 spiro atoms. The van der Waals surface area contributed by atoms with Crippen LogP contribution in [-0.2, 0) is 22.4 Å². The molecule has 2 aliphatic carbocycles. The zero-order valence-electron chi connectivity index (χ0n) is 15.6. The first kappa shape index (κ1) is 17.8. The Morgan fingerprint density at radius 1 is 1.25 bits per heavy atom. The lowest BCUT2D eigenvalue weighted by molar-refractivity contribution is -0.134. The maximum absolute atomic E-state index is 12.8.